The van der Waals surface area contributed by atoms with E-state index in [2.05, 4.69) is 20.0 Å². The van der Waals surface area contributed by atoms with E-state index in [1.165, 1.54) is 0 Å². The first kappa shape index (κ1) is 15.6. The zero-order valence-corrected chi connectivity index (χ0v) is 13.8. The molecule has 1 aromatic carbocycles. The van der Waals surface area contributed by atoms with Crippen LogP contribution in [0, 0.1) is 12.8 Å². The largest absolute Gasteiger partial charge is 0.455 e. The highest BCUT2D eigenvalue weighted by atomic mass is 16.6. The van der Waals surface area contributed by atoms with Crippen LogP contribution in [0.4, 0.5) is 6.01 Å². The fourth-order valence-corrected chi connectivity index (χ4v) is 2.95. The molecule has 1 saturated heterocycles. The number of fused-ring (bicyclic) bond motifs is 1. The summed E-state index contributed by atoms with van der Waals surface area (Å²) in [5.74, 6) is 0.477. The number of nitrogens with zero attached hydrogens (tertiary/aromatic N) is 4. The van der Waals surface area contributed by atoms with E-state index in [0.29, 0.717) is 43.7 Å². The average molecular weight is 342 g/mol. The van der Waals surface area contributed by atoms with Gasteiger partial charge in [0.2, 0.25) is 0 Å². The molecule has 25 heavy (non-hydrogen) atoms. The van der Waals surface area contributed by atoms with Crippen molar-refractivity contribution in [2.24, 2.45) is 5.92 Å². The van der Waals surface area contributed by atoms with E-state index in [1.54, 1.807) is 6.92 Å². The first-order valence-corrected chi connectivity index (χ1v) is 8.25. The Morgan fingerprint density at radius 3 is 2.80 bits per heavy atom. The van der Waals surface area contributed by atoms with Gasteiger partial charge in [-0.15, -0.1) is 0 Å². The second-order valence-corrected chi connectivity index (χ2v) is 6.07. The number of aromatic nitrogens is 3. The standard InChI is InChI=1S/C17H18N4O4/c1-11-18-15(25-20-11)10-23-16(22)12-6-8-21(9-7-12)17-19-13-4-2-3-5-14(13)24-17/h2-5,12H,6-10H2,1H3. The molecule has 1 fully saturated rings. The zero-order chi connectivity index (χ0) is 17.2. The molecule has 0 atom stereocenters. The number of benzene rings is 1. The minimum Gasteiger partial charge on any atom is -0.455 e. The summed E-state index contributed by atoms with van der Waals surface area (Å²) < 4.78 is 16.0. The van der Waals surface area contributed by atoms with Gasteiger partial charge < -0.3 is 18.6 Å². The van der Waals surface area contributed by atoms with Gasteiger partial charge in [-0.1, -0.05) is 17.3 Å². The molecule has 4 rings (SSSR count). The van der Waals surface area contributed by atoms with Gasteiger partial charge in [0.25, 0.3) is 11.9 Å². The highest BCUT2D eigenvalue weighted by Crippen LogP contribution is 2.26. The highest BCUT2D eigenvalue weighted by Gasteiger charge is 2.28. The van der Waals surface area contributed by atoms with Crippen molar-refractivity contribution in [3.63, 3.8) is 0 Å². The maximum absolute atomic E-state index is 12.2. The van der Waals surface area contributed by atoms with Gasteiger partial charge in [-0.2, -0.15) is 9.97 Å². The van der Waals surface area contributed by atoms with E-state index >= 15 is 0 Å². The summed E-state index contributed by atoms with van der Waals surface area (Å²) in [6.45, 7) is 3.14. The molecule has 3 aromatic rings. The van der Waals surface area contributed by atoms with Crippen molar-refractivity contribution in [3.05, 3.63) is 36.0 Å². The smallest absolute Gasteiger partial charge is 0.309 e. The number of esters is 1. The van der Waals surface area contributed by atoms with Crippen molar-refractivity contribution in [3.8, 4) is 0 Å². The van der Waals surface area contributed by atoms with Gasteiger partial charge >= 0.3 is 5.97 Å². The van der Waals surface area contributed by atoms with Crippen LogP contribution >= 0.6 is 0 Å². The van der Waals surface area contributed by atoms with E-state index in [-0.39, 0.29) is 18.5 Å². The van der Waals surface area contributed by atoms with Gasteiger partial charge in [-0.05, 0) is 31.9 Å². The van der Waals surface area contributed by atoms with Gasteiger partial charge in [-0.3, -0.25) is 4.79 Å². The van der Waals surface area contributed by atoms with E-state index < -0.39 is 0 Å². The summed E-state index contributed by atoms with van der Waals surface area (Å²) in [6, 6.07) is 8.28. The molecule has 1 aliphatic heterocycles. The van der Waals surface area contributed by atoms with Crippen LogP contribution in [0.25, 0.3) is 11.1 Å². The molecule has 0 N–H and O–H groups in total. The normalized spacial score (nSPS) is 15.6. The zero-order valence-electron chi connectivity index (χ0n) is 13.8. The average Bonchev–Trinajstić information content (AvgIpc) is 3.25. The topological polar surface area (TPSA) is 94.5 Å². The number of ether oxygens (including phenoxy) is 1. The molecule has 0 aliphatic carbocycles. The molecule has 0 saturated carbocycles. The Kier molecular flexibility index (Phi) is 4.09. The van der Waals surface area contributed by atoms with Crippen molar-refractivity contribution in [1.82, 2.24) is 15.1 Å². The number of oxazole rings is 1. The number of para-hydroxylation sites is 2. The van der Waals surface area contributed by atoms with Crippen molar-refractivity contribution in [2.75, 3.05) is 18.0 Å². The molecule has 8 heteroatoms. The number of hydrogen-bond donors (Lipinski definition) is 0. The van der Waals surface area contributed by atoms with Crippen molar-refractivity contribution in [2.45, 2.75) is 26.4 Å². The lowest BCUT2D eigenvalue weighted by molar-refractivity contribution is -0.151. The fraction of sp³-hybridized carbons (Fsp3) is 0.412. The van der Waals surface area contributed by atoms with Crippen LogP contribution in [-0.4, -0.2) is 34.2 Å². The Bertz CT molecular complexity index is 847. The molecule has 1 aliphatic rings. The van der Waals surface area contributed by atoms with E-state index in [0.717, 1.165) is 11.1 Å². The second-order valence-electron chi connectivity index (χ2n) is 6.07. The Labute approximate surface area is 143 Å². The minimum atomic E-state index is -0.229. The quantitative estimate of drug-likeness (QED) is 0.667. The van der Waals surface area contributed by atoms with Crippen molar-refractivity contribution in [1.29, 1.82) is 0 Å². The summed E-state index contributed by atoms with van der Waals surface area (Å²) in [4.78, 5) is 22.8. The van der Waals surface area contributed by atoms with Gasteiger partial charge in [0.1, 0.15) is 5.52 Å². The van der Waals surface area contributed by atoms with Gasteiger partial charge in [-0.25, -0.2) is 0 Å². The summed E-state index contributed by atoms with van der Waals surface area (Å²) in [5, 5.41) is 3.67. The summed E-state index contributed by atoms with van der Waals surface area (Å²) >= 11 is 0. The van der Waals surface area contributed by atoms with E-state index in [9.17, 15) is 4.79 Å². The molecule has 2 aromatic heterocycles. The summed E-state index contributed by atoms with van der Waals surface area (Å²) in [6.07, 6.45) is 1.39. The van der Waals surface area contributed by atoms with Crippen molar-refractivity contribution >= 4 is 23.1 Å². The first-order chi connectivity index (χ1) is 12.2. The second kappa shape index (κ2) is 6.54. The fourth-order valence-electron chi connectivity index (χ4n) is 2.95. The Hall–Kier alpha value is -2.90. The molecular weight excluding hydrogens is 324 g/mol. The van der Waals surface area contributed by atoms with Crippen molar-refractivity contribution < 1.29 is 18.5 Å². The van der Waals surface area contributed by atoms with Crippen LogP contribution in [0.1, 0.15) is 24.6 Å². The van der Waals surface area contributed by atoms with Crippen LogP contribution in [0.15, 0.2) is 33.2 Å². The number of anilines is 1. The third-order valence-electron chi connectivity index (χ3n) is 4.29. The van der Waals surface area contributed by atoms with Gasteiger partial charge in [0.15, 0.2) is 18.0 Å². The lowest BCUT2D eigenvalue weighted by Gasteiger charge is -2.29. The predicted molar refractivity (Wildman–Crippen MR) is 87.8 cm³/mol. The number of piperidine rings is 1. The maximum atomic E-state index is 12.2. The Morgan fingerprint density at radius 2 is 2.08 bits per heavy atom. The van der Waals surface area contributed by atoms with E-state index in [4.69, 9.17) is 13.7 Å². The minimum absolute atomic E-state index is 0.0189. The highest BCUT2D eigenvalue weighted by molar-refractivity contribution is 5.75. The van der Waals surface area contributed by atoms with Gasteiger partial charge in [0, 0.05) is 13.1 Å². The molecule has 3 heterocycles. The third kappa shape index (κ3) is 3.33. The molecule has 0 spiro atoms. The summed E-state index contributed by atoms with van der Waals surface area (Å²) in [5.41, 5.74) is 1.61. The van der Waals surface area contributed by atoms with Crippen LogP contribution in [0.2, 0.25) is 0 Å². The molecule has 8 nitrogen and oxygen atoms in total. The lowest BCUT2D eigenvalue weighted by atomic mass is 9.97. The Balaban J connectivity index is 1.32. The first-order valence-electron chi connectivity index (χ1n) is 8.25. The monoisotopic (exact) mass is 342 g/mol. The molecule has 0 radical (unpaired) electrons. The maximum Gasteiger partial charge on any atom is 0.309 e. The molecule has 0 bridgehead atoms. The van der Waals surface area contributed by atoms with Crippen LogP contribution in [-0.2, 0) is 16.1 Å². The third-order valence-corrected chi connectivity index (χ3v) is 4.29. The molecule has 130 valence electrons. The van der Waals surface area contributed by atoms with Gasteiger partial charge in [0.05, 0.1) is 5.92 Å². The predicted octanol–water partition coefficient (Wildman–Crippen LogP) is 2.48. The molecule has 0 unspecified atom stereocenters. The molecule has 0 amide bonds. The van der Waals surface area contributed by atoms with Crippen LogP contribution in [0.3, 0.4) is 0 Å². The van der Waals surface area contributed by atoms with E-state index in [1.807, 2.05) is 24.3 Å². The SMILES string of the molecule is Cc1noc(COC(=O)C2CCN(c3nc4ccccc4o3)CC2)n1. The number of aryl methyl sites for hydroxylation is 1. The molecular formula is C17H18N4O4. The number of carbonyl (C=O) groups is 1. The number of carbonyl (C=O) groups excluding carboxylic acids is 1. The van der Waals surface area contributed by atoms with Crippen LogP contribution < -0.4 is 4.90 Å². The lowest BCUT2D eigenvalue weighted by Crippen LogP contribution is -2.37. The van der Waals surface area contributed by atoms with Crippen LogP contribution in [0.5, 0.6) is 0 Å². The summed E-state index contributed by atoms with van der Waals surface area (Å²) in [7, 11) is 0. The number of hydrogen-bond acceptors (Lipinski definition) is 8. The Morgan fingerprint density at radius 1 is 1.28 bits per heavy atom. The number of rotatable bonds is 4.